The number of aromatic nitrogens is 4. The fraction of sp³-hybridized carbons (Fsp3) is 0.133. The fourth-order valence-corrected chi connectivity index (χ4v) is 2.04. The molecule has 0 atom stereocenters. The summed E-state index contributed by atoms with van der Waals surface area (Å²) in [6.07, 6.45) is -3.51. The second-order valence-electron chi connectivity index (χ2n) is 4.91. The summed E-state index contributed by atoms with van der Waals surface area (Å²) in [5.41, 5.74) is 0.530. The quantitative estimate of drug-likeness (QED) is 0.768. The van der Waals surface area contributed by atoms with E-state index < -0.39 is 17.8 Å². The highest BCUT2D eigenvalue weighted by Crippen LogP contribution is 2.28. The molecule has 2 aromatic heterocycles. The molecule has 3 aromatic rings. The van der Waals surface area contributed by atoms with Gasteiger partial charge in [-0.3, -0.25) is 0 Å². The van der Waals surface area contributed by atoms with Crippen LogP contribution in [0.25, 0.3) is 17.2 Å². The summed E-state index contributed by atoms with van der Waals surface area (Å²) < 4.78 is 38.7. The Morgan fingerprint density at radius 1 is 1.04 bits per heavy atom. The first-order valence-electron chi connectivity index (χ1n) is 6.78. The maximum absolute atomic E-state index is 12.6. The molecule has 0 saturated heterocycles. The number of nitrogens with zero attached hydrogens (tertiary/aromatic N) is 4. The number of hydrogen-bond donors (Lipinski definition) is 2. The Balaban J connectivity index is 2.01. The summed E-state index contributed by atoms with van der Waals surface area (Å²) in [6, 6.07) is 8.76. The van der Waals surface area contributed by atoms with E-state index in [1.807, 2.05) is 0 Å². The molecule has 0 radical (unpaired) electrons. The summed E-state index contributed by atoms with van der Waals surface area (Å²) >= 11 is 0. The van der Waals surface area contributed by atoms with Gasteiger partial charge in [-0.05, 0) is 11.6 Å². The summed E-state index contributed by atoms with van der Waals surface area (Å²) in [7, 11) is 0. The molecular weight excluding hydrogens is 325 g/mol. The molecule has 0 bridgehead atoms. The largest absolute Gasteiger partial charge is 0.493 e. The van der Waals surface area contributed by atoms with Gasteiger partial charge in [0.2, 0.25) is 5.88 Å². The Morgan fingerprint density at radius 3 is 2.33 bits per heavy atom. The van der Waals surface area contributed by atoms with Crippen molar-refractivity contribution in [2.24, 2.45) is 0 Å². The van der Waals surface area contributed by atoms with Crippen molar-refractivity contribution in [3.8, 4) is 23.1 Å². The zero-order valence-corrected chi connectivity index (χ0v) is 12.1. The molecule has 6 nitrogen and oxygen atoms in total. The van der Waals surface area contributed by atoms with Crippen LogP contribution >= 0.6 is 0 Å². The second kappa shape index (κ2) is 5.93. The van der Waals surface area contributed by atoms with E-state index in [0.29, 0.717) is 16.8 Å². The average molecular weight is 336 g/mol. The number of hydrogen-bond acceptors (Lipinski definition) is 5. The van der Waals surface area contributed by atoms with Crippen LogP contribution in [0.3, 0.4) is 0 Å². The molecule has 0 spiro atoms. The monoisotopic (exact) mass is 336 g/mol. The molecule has 3 rings (SSSR count). The Morgan fingerprint density at radius 2 is 1.75 bits per heavy atom. The molecular formula is C15H11F3N4O2. The van der Waals surface area contributed by atoms with Gasteiger partial charge in [0, 0.05) is 17.8 Å². The van der Waals surface area contributed by atoms with Crippen LogP contribution in [0, 0.1) is 0 Å². The van der Waals surface area contributed by atoms with Crippen molar-refractivity contribution in [1.82, 2.24) is 19.7 Å². The highest BCUT2D eigenvalue weighted by atomic mass is 19.4. The van der Waals surface area contributed by atoms with E-state index in [1.165, 1.54) is 6.07 Å². The van der Waals surface area contributed by atoms with Crippen LogP contribution < -0.4 is 0 Å². The summed E-state index contributed by atoms with van der Waals surface area (Å²) in [5.74, 6) is -0.586. The normalized spacial score (nSPS) is 11.7. The minimum absolute atomic E-state index is 0.117. The van der Waals surface area contributed by atoms with Crippen LogP contribution in [-0.4, -0.2) is 30.0 Å². The van der Waals surface area contributed by atoms with E-state index in [0.717, 1.165) is 16.9 Å². The van der Waals surface area contributed by atoms with Crippen LogP contribution in [0.4, 0.5) is 13.2 Å². The van der Waals surface area contributed by atoms with Crippen molar-refractivity contribution in [2.75, 3.05) is 0 Å². The first-order valence-corrected chi connectivity index (χ1v) is 6.78. The smallest absolute Gasteiger partial charge is 0.435 e. The average Bonchev–Trinajstić information content (AvgIpc) is 3.05. The molecule has 1 aromatic carbocycles. The first-order chi connectivity index (χ1) is 11.4. The molecule has 0 amide bonds. The van der Waals surface area contributed by atoms with Crippen LogP contribution in [0.5, 0.6) is 5.88 Å². The molecule has 124 valence electrons. The van der Waals surface area contributed by atoms with Gasteiger partial charge in [-0.1, -0.05) is 24.3 Å². The third-order valence-electron chi connectivity index (χ3n) is 3.22. The minimum atomic E-state index is -4.58. The lowest BCUT2D eigenvalue weighted by Crippen LogP contribution is -2.09. The number of halogens is 3. The van der Waals surface area contributed by atoms with E-state index >= 15 is 0 Å². The standard InChI is InChI=1S/C15H11F3N4O2/c16-15(17,18)12-5-6-22(21-12)14-19-11(7-13(24)20-14)10-3-1-9(8-23)2-4-10/h1-7,23H,8H2,(H,19,20,24). The van der Waals surface area contributed by atoms with Gasteiger partial charge in [0.1, 0.15) is 0 Å². The number of aromatic hydroxyl groups is 1. The lowest BCUT2D eigenvalue weighted by molar-refractivity contribution is -0.141. The zero-order chi connectivity index (χ0) is 17.3. The molecule has 24 heavy (non-hydrogen) atoms. The highest BCUT2D eigenvalue weighted by molar-refractivity contribution is 5.61. The predicted molar refractivity (Wildman–Crippen MR) is 77.2 cm³/mol. The maximum Gasteiger partial charge on any atom is 0.435 e. The number of benzene rings is 1. The van der Waals surface area contributed by atoms with Gasteiger partial charge < -0.3 is 10.2 Å². The molecule has 2 heterocycles. The molecule has 0 fully saturated rings. The third-order valence-corrected chi connectivity index (χ3v) is 3.22. The van der Waals surface area contributed by atoms with Gasteiger partial charge in [0.25, 0.3) is 5.95 Å². The third kappa shape index (κ3) is 3.20. The molecule has 0 aliphatic heterocycles. The Bertz CT molecular complexity index is 860. The molecule has 2 N–H and O–H groups in total. The van der Waals surface area contributed by atoms with Gasteiger partial charge in [0.15, 0.2) is 5.69 Å². The van der Waals surface area contributed by atoms with Crippen LogP contribution in [-0.2, 0) is 12.8 Å². The van der Waals surface area contributed by atoms with Gasteiger partial charge in [-0.15, -0.1) is 0 Å². The van der Waals surface area contributed by atoms with Crippen molar-refractivity contribution in [3.63, 3.8) is 0 Å². The van der Waals surface area contributed by atoms with E-state index in [9.17, 15) is 18.3 Å². The summed E-state index contributed by atoms with van der Waals surface area (Å²) in [5, 5.41) is 22.1. The van der Waals surface area contributed by atoms with E-state index in [1.54, 1.807) is 24.3 Å². The fourth-order valence-electron chi connectivity index (χ4n) is 2.04. The van der Waals surface area contributed by atoms with Crippen LogP contribution in [0.2, 0.25) is 0 Å². The predicted octanol–water partition coefficient (Wildman–Crippen LogP) is 2.55. The van der Waals surface area contributed by atoms with Gasteiger partial charge in [-0.2, -0.15) is 23.3 Å². The van der Waals surface area contributed by atoms with Crippen molar-refractivity contribution < 1.29 is 23.4 Å². The number of alkyl halides is 3. The number of aliphatic hydroxyl groups is 1. The first kappa shape index (κ1) is 15.9. The number of rotatable bonds is 3. The van der Waals surface area contributed by atoms with Crippen LogP contribution in [0.15, 0.2) is 42.6 Å². The van der Waals surface area contributed by atoms with Gasteiger partial charge >= 0.3 is 6.18 Å². The SMILES string of the molecule is OCc1ccc(-c2cc(O)nc(-n3ccc(C(F)(F)F)n3)n2)cc1. The summed E-state index contributed by atoms with van der Waals surface area (Å²) in [6.45, 7) is -0.117. The second-order valence-corrected chi connectivity index (χ2v) is 4.91. The Hall–Kier alpha value is -2.94. The van der Waals surface area contributed by atoms with Gasteiger partial charge in [-0.25, -0.2) is 9.67 Å². The molecule has 0 aliphatic rings. The Labute approximate surface area is 133 Å². The Kier molecular flexibility index (Phi) is 3.94. The number of aliphatic hydroxyl groups excluding tert-OH is 1. The highest BCUT2D eigenvalue weighted by Gasteiger charge is 2.33. The van der Waals surface area contributed by atoms with Crippen LogP contribution in [0.1, 0.15) is 11.3 Å². The molecule has 9 heteroatoms. The molecule has 0 unspecified atom stereocenters. The van der Waals surface area contributed by atoms with Crippen molar-refractivity contribution >= 4 is 0 Å². The van der Waals surface area contributed by atoms with Gasteiger partial charge in [0.05, 0.1) is 12.3 Å². The summed E-state index contributed by atoms with van der Waals surface area (Å²) in [4.78, 5) is 7.82. The lowest BCUT2D eigenvalue weighted by Gasteiger charge is -2.06. The molecule has 0 aliphatic carbocycles. The maximum atomic E-state index is 12.6. The van der Waals surface area contributed by atoms with E-state index in [-0.39, 0.29) is 12.6 Å². The lowest BCUT2D eigenvalue weighted by atomic mass is 10.1. The minimum Gasteiger partial charge on any atom is -0.493 e. The van der Waals surface area contributed by atoms with Crippen molar-refractivity contribution in [3.05, 3.63) is 53.9 Å². The van der Waals surface area contributed by atoms with Crippen molar-refractivity contribution in [1.29, 1.82) is 0 Å². The zero-order valence-electron chi connectivity index (χ0n) is 12.1. The van der Waals surface area contributed by atoms with E-state index in [4.69, 9.17) is 5.11 Å². The molecule has 0 saturated carbocycles. The topological polar surface area (TPSA) is 84.1 Å². The van der Waals surface area contributed by atoms with E-state index in [2.05, 4.69) is 15.1 Å². The van der Waals surface area contributed by atoms with Crippen molar-refractivity contribution in [2.45, 2.75) is 12.8 Å².